The molecule has 1 aliphatic heterocycles. The molecule has 1 aromatic heterocycles. The molecular weight excluding hydrogens is 460 g/mol. The Labute approximate surface area is 226 Å². The molecular formula is C36H37N2+. The van der Waals surface area contributed by atoms with Crippen molar-refractivity contribution in [2.45, 2.75) is 70.8 Å². The normalized spacial score (nSPS) is 22.6. The molecule has 0 amide bonds. The van der Waals surface area contributed by atoms with E-state index in [0.29, 0.717) is 0 Å². The zero-order valence-corrected chi connectivity index (χ0v) is 23.5. The summed E-state index contributed by atoms with van der Waals surface area (Å²) in [5.41, 5.74) is 12.1. The number of hydrogen-bond acceptors (Lipinski definition) is 0. The highest BCUT2D eigenvalue weighted by molar-refractivity contribution is 5.90. The minimum Gasteiger partial charge on any atom is -0.216 e. The van der Waals surface area contributed by atoms with Gasteiger partial charge in [0.2, 0.25) is 0 Å². The molecule has 0 bridgehead atoms. The second kappa shape index (κ2) is 7.69. The Morgan fingerprint density at radius 2 is 1.26 bits per heavy atom. The number of rotatable bonds is 3. The summed E-state index contributed by atoms with van der Waals surface area (Å²) in [6.07, 6.45) is 2.14. The number of imidazole rings is 1. The van der Waals surface area contributed by atoms with Crippen LogP contribution in [0.25, 0.3) is 39.2 Å². The van der Waals surface area contributed by atoms with Gasteiger partial charge in [-0.15, -0.1) is 0 Å². The molecule has 4 aromatic carbocycles. The van der Waals surface area contributed by atoms with Crippen LogP contribution in [0.15, 0.2) is 91.0 Å². The Bertz CT molecular complexity index is 1750. The van der Waals surface area contributed by atoms with Crippen molar-refractivity contribution in [2.24, 2.45) is 0 Å². The highest BCUT2D eigenvalue weighted by Gasteiger charge is 2.56. The van der Waals surface area contributed by atoms with Gasteiger partial charge in [-0.05, 0) is 66.3 Å². The SMILES string of the molecule is CCC1(C)c2ccccc2-c2n(-c3cccc4c3-c3ccccc3C4(C)C)c3ccccc3[n+]2C1(C)CC. The fourth-order valence-electron chi connectivity index (χ4n) is 7.89. The van der Waals surface area contributed by atoms with Crippen molar-refractivity contribution in [1.29, 1.82) is 0 Å². The molecule has 1 aliphatic carbocycles. The van der Waals surface area contributed by atoms with Crippen LogP contribution in [0.3, 0.4) is 0 Å². The van der Waals surface area contributed by atoms with E-state index in [1.165, 1.54) is 55.9 Å². The number of fused-ring (bicyclic) bond motifs is 8. The van der Waals surface area contributed by atoms with Crippen molar-refractivity contribution in [1.82, 2.24) is 4.57 Å². The van der Waals surface area contributed by atoms with Gasteiger partial charge in [-0.25, -0.2) is 4.57 Å². The lowest BCUT2D eigenvalue weighted by atomic mass is 9.61. The molecule has 2 nitrogen and oxygen atoms in total. The highest BCUT2D eigenvalue weighted by Crippen LogP contribution is 2.54. The fourth-order valence-corrected chi connectivity index (χ4v) is 7.89. The monoisotopic (exact) mass is 497 g/mol. The topological polar surface area (TPSA) is 8.81 Å². The van der Waals surface area contributed by atoms with E-state index in [0.717, 1.165) is 12.8 Å². The van der Waals surface area contributed by atoms with Crippen LogP contribution < -0.4 is 4.57 Å². The molecule has 2 heteroatoms. The van der Waals surface area contributed by atoms with Crippen molar-refractivity contribution in [3.8, 4) is 28.2 Å². The lowest BCUT2D eigenvalue weighted by molar-refractivity contribution is -0.743. The van der Waals surface area contributed by atoms with Crippen molar-refractivity contribution in [3.05, 3.63) is 108 Å². The minimum absolute atomic E-state index is 0.0121. The van der Waals surface area contributed by atoms with Gasteiger partial charge in [0.05, 0.1) is 5.56 Å². The summed E-state index contributed by atoms with van der Waals surface area (Å²) in [5.74, 6) is 1.30. The molecule has 2 aliphatic rings. The first-order chi connectivity index (χ1) is 18.3. The Balaban J connectivity index is 1.69. The van der Waals surface area contributed by atoms with E-state index in [1.54, 1.807) is 0 Å². The summed E-state index contributed by atoms with van der Waals surface area (Å²) >= 11 is 0. The number of para-hydroxylation sites is 2. The fraction of sp³-hybridized carbons (Fsp3) is 0.306. The van der Waals surface area contributed by atoms with Crippen LogP contribution in [0.4, 0.5) is 0 Å². The third-order valence-electron chi connectivity index (χ3n) is 10.5. The lowest BCUT2D eigenvalue weighted by Crippen LogP contribution is -2.67. The van der Waals surface area contributed by atoms with Gasteiger partial charge in [-0.1, -0.05) is 101 Å². The van der Waals surface area contributed by atoms with E-state index >= 15 is 0 Å². The van der Waals surface area contributed by atoms with Gasteiger partial charge in [0.1, 0.15) is 11.2 Å². The van der Waals surface area contributed by atoms with E-state index in [-0.39, 0.29) is 16.4 Å². The summed E-state index contributed by atoms with van der Waals surface area (Å²) in [6, 6.07) is 34.1. The summed E-state index contributed by atoms with van der Waals surface area (Å²) in [4.78, 5) is 0. The molecule has 38 heavy (non-hydrogen) atoms. The Kier molecular flexibility index (Phi) is 4.75. The molecule has 5 aromatic rings. The molecule has 7 rings (SSSR count). The first-order valence-corrected chi connectivity index (χ1v) is 14.2. The third kappa shape index (κ3) is 2.61. The average Bonchev–Trinajstić information content (AvgIpc) is 3.42. The van der Waals surface area contributed by atoms with Gasteiger partial charge >= 0.3 is 0 Å². The predicted molar refractivity (Wildman–Crippen MR) is 158 cm³/mol. The van der Waals surface area contributed by atoms with Crippen LogP contribution in [0, 0.1) is 0 Å². The number of nitrogens with zero attached hydrogens (tertiary/aromatic N) is 2. The van der Waals surface area contributed by atoms with Crippen molar-refractivity contribution in [2.75, 3.05) is 0 Å². The van der Waals surface area contributed by atoms with Gasteiger partial charge in [0.15, 0.2) is 11.0 Å². The molecule has 2 heterocycles. The maximum atomic E-state index is 2.69. The van der Waals surface area contributed by atoms with Gasteiger partial charge in [0, 0.05) is 16.4 Å². The lowest BCUT2D eigenvalue weighted by Gasteiger charge is -2.47. The molecule has 0 saturated carbocycles. The van der Waals surface area contributed by atoms with E-state index in [1.807, 2.05) is 0 Å². The van der Waals surface area contributed by atoms with E-state index in [9.17, 15) is 0 Å². The van der Waals surface area contributed by atoms with Crippen LogP contribution in [-0.4, -0.2) is 4.57 Å². The van der Waals surface area contributed by atoms with Crippen LogP contribution >= 0.6 is 0 Å². The largest absolute Gasteiger partial charge is 0.295 e. The molecule has 2 unspecified atom stereocenters. The van der Waals surface area contributed by atoms with Crippen molar-refractivity contribution < 1.29 is 4.57 Å². The maximum absolute atomic E-state index is 2.69. The molecule has 0 radical (unpaired) electrons. The average molecular weight is 498 g/mol. The van der Waals surface area contributed by atoms with Gasteiger partial charge in [0.25, 0.3) is 5.82 Å². The first-order valence-electron chi connectivity index (χ1n) is 14.2. The standard InChI is InChI=1S/C36H37N2/c1-7-35(5)27-19-12-10-17-25(27)33-37(29-21-13-14-22-30(29)38(33)36(35,6)8-2)31-23-15-20-28-32(31)24-16-9-11-18-26(24)34(28,3)4/h9-23H,7-8H2,1-6H3/q+1. The minimum atomic E-state index is -0.0780. The maximum Gasteiger partial charge on any atom is 0.295 e. The van der Waals surface area contributed by atoms with Crippen LogP contribution in [0.2, 0.25) is 0 Å². The smallest absolute Gasteiger partial charge is 0.216 e. The summed E-state index contributed by atoms with van der Waals surface area (Å²) < 4.78 is 5.27. The van der Waals surface area contributed by atoms with Gasteiger partial charge < -0.3 is 0 Å². The quantitative estimate of drug-likeness (QED) is 0.220. The first kappa shape index (κ1) is 23.5. The summed E-state index contributed by atoms with van der Waals surface area (Å²) in [7, 11) is 0. The third-order valence-corrected chi connectivity index (χ3v) is 10.5. The Morgan fingerprint density at radius 1 is 0.632 bits per heavy atom. The highest BCUT2D eigenvalue weighted by atomic mass is 15.2. The van der Waals surface area contributed by atoms with Gasteiger partial charge in [-0.2, -0.15) is 4.57 Å². The zero-order valence-electron chi connectivity index (χ0n) is 23.5. The number of benzene rings is 4. The Morgan fingerprint density at radius 3 is 2.00 bits per heavy atom. The zero-order chi connectivity index (χ0) is 26.4. The second-order valence-corrected chi connectivity index (χ2v) is 12.2. The summed E-state index contributed by atoms with van der Waals surface area (Å²) in [5, 5.41) is 0. The predicted octanol–water partition coefficient (Wildman–Crippen LogP) is 8.70. The van der Waals surface area contributed by atoms with Crippen LogP contribution in [-0.2, 0) is 16.4 Å². The molecule has 0 fully saturated rings. The van der Waals surface area contributed by atoms with Crippen molar-refractivity contribution in [3.63, 3.8) is 0 Å². The van der Waals surface area contributed by atoms with E-state index in [4.69, 9.17) is 0 Å². The second-order valence-electron chi connectivity index (χ2n) is 12.2. The summed E-state index contributed by atoms with van der Waals surface area (Å²) in [6.45, 7) is 14.4. The number of aromatic nitrogens is 2. The number of hydrogen-bond donors (Lipinski definition) is 0. The van der Waals surface area contributed by atoms with Crippen LogP contribution in [0.1, 0.15) is 71.1 Å². The van der Waals surface area contributed by atoms with Crippen LogP contribution in [0.5, 0.6) is 0 Å². The molecule has 0 saturated heterocycles. The van der Waals surface area contributed by atoms with E-state index in [2.05, 4.69) is 142 Å². The molecule has 0 N–H and O–H groups in total. The van der Waals surface area contributed by atoms with Crippen molar-refractivity contribution >= 4 is 11.0 Å². The molecule has 190 valence electrons. The van der Waals surface area contributed by atoms with E-state index < -0.39 is 0 Å². The molecule has 0 spiro atoms. The Hall–Kier alpha value is -3.65. The van der Waals surface area contributed by atoms with Gasteiger partial charge in [-0.3, -0.25) is 0 Å². The molecule has 2 atom stereocenters.